The summed E-state index contributed by atoms with van der Waals surface area (Å²) < 4.78 is 179. The summed E-state index contributed by atoms with van der Waals surface area (Å²) >= 11 is 0. The molecule has 2 amide bonds. The van der Waals surface area contributed by atoms with Crippen molar-refractivity contribution >= 4 is 30.4 Å². The van der Waals surface area contributed by atoms with Crippen LogP contribution in [0.4, 0.5) is 62.3 Å². The number of ether oxygens (including phenoxy) is 6. The molecule has 446 valence electrons. The molecular weight excluding hydrogens is 1080 g/mol. The molecule has 2 aliphatic heterocycles. The predicted octanol–water partition coefficient (Wildman–Crippen LogP) is 11.2. The van der Waals surface area contributed by atoms with Crippen LogP contribution in [0.5, 0.6) is 11.5 Å². The minimum absolute atomic E-state index is 0.00126. The Balaban J connectivity index is 0.000000283. The Hall–Kier alpha value is -5.73. The zero-order valence-corrected chi connectivity index (χ0v) is 45.4. The standard InChI is InChI=1S/C26H34F6N2O5.C18H24O4.C8H10F6N2O2/c1-23(2,3)39-21(35)24(4,5)38-19-14-17(16-6-7-16)8-9-18(19)15-33-10-12-34(13-11-33)22(36)37-20(25(27,28)29)26(30,31)32;1-17(2,3)22-16(20)18(4,5)21-15-10-13(12-6-7-12)8-9-14(15)11-19;9-7(10,11)5(8(12,13)14)18-6(17)16-3-1-15-2-4-16/h8-9,14,16,20H,6-7,10-13,15H2,1-5H3;8-12H,6-7H2,1-5H3;5,15H,1-4H2. The number of hydrogen-bond donors (Lipinski definition) is 1. The topological polar surface area (TPSA) is 162 Å². The largest absolute Gasteiger partial charge is 0.476 e. The first kappa shape index (κ1) is 65.8. The van der Waals surface area contributed by atoms with E-state index in [0.29, 0.717) is 35.4 Å². The van der Waals surface area contributed by atoms with Gasteiger partial charge >= 0.3 is 48.8 Å². The molecule has 0 bridgehead atoms. The number of amides is 2. The molecule has 0 aromatic heterocycles. The number of rotatable bonds is 13. The van der Waals surface area contributed by atoms with Crippen molar-refractivity contribution < 1.29 is 105 Å². The lowest BCUT2D eigenvalue weighted by Gasteiger charge is -2.36. The smallest absolute Gasteiger partial charge is 0.434 e. The van der Waals surface area contributed by atoms with Gasteiger partial charge in [-0.25, -0.2) is 19.2 Å². The fourth-order valence-corrected chi connectivity index (χ4v) is 7.48. The van der Waals surface area contributed by atoms with Crippen molar-refractivity contribution in [1.29, 1.82) is 0 Å². The zero-order chi connectivity index (χ0) is 59.9. The molecule has 6 rings (SSSR count). The van der Waals surface area contributed by atoms with Gasteiger partial charge in [-0.05, 0) is 136 Å². The number of nitrogens with zero attached hydrogens (tertiary/aromatic N) is 3. The molecule has 0 spiro atoms. The number of hydrogen-bond acceptors (Lipinski definition) is 13. The van der Waals surface area contributed by atoms with E-state index in [2.05, 4.69) is 14.8 Å². The summed E-state index contributed by atoms with van der Waals surface area (Å²) in [5.74, 6) is 0.894. The molecule has 2 saturated carbocycles. The van der Waals surface area contributed by atoms with Crippen molar-refractivity contribution in [3.8, 4) is 11.5 Å². The summed E-state index contributed by atoms with van der Waals surface area (Å²) in [6.45, 7) is 18.2. The van der Waals surface area contributed by atoms with Crippen LogP contribution < -0.4 is 14.8 Å². The van der Waals surface area contributed by atoms with Crippen molar-refractivity contribution in [2.24, 2.45) is 0 Å². The van der Waals surface area contributed by atoms with Crippen molar-refractivity contribution in [2.45, 2.75) is 173 Å². The summed E-state index contributed by atoms with van der Waals surface area (Å²) in [6.07, 6.45) is -29.3. The monoisotopic (exact) mass is 1150 g/mol. The quantitative estimate of drug-likeness (QED) is 0.0873. The molecule has 0 atom stereocenters. The molecule has 15 nitrogen and oxygen atoms in total. The fraction of sp³-hybridized carbons (Fsp3) is 0.673. The third kappa shape index (κ3) is 21.0. The van der Waals surface area contributed by atoms with Gasteiger partial charge in [0.25, 0.3) is 12.2 Å². The molecule has 2 aliphatic carbocycles. The summed E-state index contributed by atoms with van der Waals surface area (Å²) in [6, 6.07) is 11.3. The van der Waals surface area contributed by atoms with Crippen LogP contribution in [-0.2, 0) is 35.1 Å². The van der Waals surface area contributed by atoms with Gasteiger partial charge in [0, 0.05) is 64.5 Å². The van der Waals surface area contributed by atoms with Gasteiger partial charge in [0.1, 0.15) is 22.7 Å². The van der Waals surface area contributed by atoms with Crippen LogP contribution in [0.15, 0.2) is 36.4 Å². The van der Waals surface area contributed by atoms with Crippen LogP contribution in [-0.4, -0.2) is 157 Å². The molecule has 27 heteroatoms. The minimum atomic E-state index is -5.77. The maximum atomic E-state index is 12.8. The van der Waals surface area contributed by atoms with Gasteiger partial charge < -0.3 is 43.5 Å². The molecular formula is C52H68F12N4O11. The highest BCUT2D eigenvalue weighted by molar-refractivity contribution is 5.82. The predicted molar refractivity (Wildman–Crippen MR) is 259 cm³/mol. The number of alkyl halides is 12. The molecule has 2 heterocycles. The second-order valence-electron chi connectivity index (χ2n) is 22.3. The van der Waals surface area contributed by atoms with Crippen LogP contribution in [0.3, 0.4) is 0 Å². The number of benzene rings is 2. The Bertz CT molecular complexity index is 2380. The Morgan fingerprint density at radius 1 is 0.544 bits per heavy atom. The lowest BCUT2D eigenvalue weighted by Crippen LogP contribution is -2.52. The third-order valence-corrected chi connectivity index (χ3v) is 11.9. The van der Waals surface area contributed by atoms with E-state index in [1.807, 2.05) is 56.0 Å². The molecule has 1 N–H and O–H groups in total. The number of piperazine rings is 2. The van der Waals surface area contributed by atoms with E-state index in [9.17, 15) is 76.7 Å². The minimum Gasteiger partial charge on any atom is -0.476 e. The Labute approximate surface area is 449 Å². The normalized spacial score (nSPS) is 17.2. The first-order chi connectivity index (χ1) is 36.0. The lowest BCUT2D eigenvalue weighted by atomic mass is 10.0. The van der Waals surface area contributed by atoms with Crippen LogP contribution in [0.1, 0.15) is 134 Å². The third-order valence-electron chi connectivity index (χ3n) is 11.9. The van der Waals surface area contributed by atoms with Crippen molar-refractivity contribution in [1.82, 2.24) is 20.0 Å². The SMILES string of the molecule is CC(C)(C)OC(=O)C(C)(C)Oc1cc(C2CC2)ccc1C=O.CC(C)(C)OC(=O)C(C)(C)Oc1cc(C2CC2)ccc1CN1CCN(C(=O)OC(C(F)(F)F)C(F)(F)F)CC1.O=C(OC(C(F)(F)F)C(F)(F)F)N1CCNCC1. The summed E-state index contributed by atoms with van der Waals surface area (Å²) in [5.41, 5.74) is -0.348. The van der Waals surface area contributed by atoms with E-state index in [0.717, 1.165) is 58.5 Å². The summed E-state index contributed by atoms with van der Waals surface area (Å²) in [5, 5.41) is 2.79. The van der Waals surface area contributed by atoms with E-state index >= 15 is 0 Å². The second-order valence-corrected chi connectivity index (χ2v) is 22.3. The second kappa shape index (κ2) is 25.4. The van der Waals surface area contributed by atoms with E-state index in [1.165, 1.54) is 0 Å². The summed E-state index contributed by atoms with van der Waals surface area (Å²) in [7, 11) is 0. The maximum absolute atomic E-state index is 12.8. The number of carbonyl (C=O) groups is 5. The van der Waals surface area contributed by atoms with Gasteiger partial charge in [-0.15, -0.1) is 0 Å². The van der Waals surface area contributed by atoms with Crippen LogP contribution in [0.25, 0.3) is 0 Å². The van der Waals surface area contributed by atoms with Gasteiger partial charge in [-0.3, -0.25) is 9.69 Å². The highest BCUT2D eigenvalue weighted by atomic mass is 19.4. The van der Waals surface area contributed by atoms with Gasteiger partial charge in [0.15, 0.2) is 17.5 Å². The number of aldehydes is 1. The first-order valence-corrected chi connectivity index (χ1v) is 25.2. The molecule has 2 aromatic carbocycles. The van der Waals surface area contributed by atoms with Gasteiger partial charge in [-0.2, -0.15) is 52.7 Å². The average molecular weight is 1150 g/mol. The molecule has 4 aliphatic rings. The molecule has 2 aromatic rings. The summed E-state index contributed by atoms with van der Waals surface area (Å²) in [4.78, 5) is 63.0. The molecule has 0 radical (unpaired) electrons. The van der Waals surface area contributed by atoms with E-state index in [1.54, 1.807) is 54.5 Å². The van der Waals surface area contributed by atoms with E-state index in [4.69, 9.17) is 18.9 Å². The van der Waals surface area contributed by atoms with Gasteiger partial charge in [0.2, 0.25) is 0 Å². The maximum Gasteiger partial charge on any atom is 0.434 e. The molecule has 0 unspecified atom stereocenters. The van der Waals surface area contributed by atoms with Crippen molar-refractivity contribution in [2.75, 3.05) is 52.4 Å². The Morgan fingerprint density at radius 3 is 1.28 bits per heavy atom. The number of nitrogens with one attached hydrogen (secondary N) is 1. The van der Waals surface area contributed by atoms with Crippen molar-refractivity contribution in [3.63, 3.8) is 0 Å². The van der Waals surface area contributed by atoms with Gasteiger partial charge in [0.05, 0.1) is 5.56 Å². The zero-order valence-electron chi connectivity index (χ0n) is 45.4. The number of carbonyl (C=O) groups excluding carboxylic acids is 5. The first-order valence-electron chi connectivity index (χ1n) is 25.2. The van der Waals surface area contributed by atoms with Crippen molar-refractivity contribution in [3.05, 3.63) is 58.7 Å². The highest BCUT2D eigenvalue weighted by Crippen LogP contribution is 2.44. The number of halogens is 12. The highest BCUT2D eigenvalue weighted by Gasteiger charge is 2.61. The molecule has 4 fully saturated rings. The molecule has 79 heavy (non-hydrogen) atoms. The van der Waals surface area contributed by atoms with Crippen LogP contribution >= 0.6 is 0 Å². The molecule has 2 saturated heterocycles. The number of esters is 2. The Kier molecular flexibility index (Phi) is 21.1. The van der Waals surface area contributed by atoms with E-state index < -0.39 is 83.4 Å². The van der Waals surface area contributed by atoms with Crippen LogP contribution in [0.2, 0.25) is 0 Å². The Morgan fingerprint density at radius 2 is 0.911 bits per heavy atom. The lowest BCUT2D eigenvalue weighted by molar-refractivity contribution is -0.309. The van der Waals surface area contributed by atoms with Gasteiger partial charge in [-0.1, -0.05) is 18.2 Å². The average Bonchev–Trinajstić information content (AvgIpc) is 4.24. The fourth-order valence-electron chi connectivity index (χ4n) is 7.48. The van der Waals surface area contributed by atoms with E-state index in [-0.39, 0.29) is 52.4 Å². The van der Waals surface area contributed by atoms with Crippen LogP contribution in [0, 0.1) is 0 Å².